The van der Waals surface area contributed by atoms with E-state index in [0.29, 0.717) is 11.6 Å². The van der Waals surface area contributed by atoms with Crippen LogP contribution in [0.2, 0.25) is 10.0 Å². The van der Waals surface area contributed by atoms with Crippen molar-refractivity contribution in [3.05, 3.63) is 39.5 Å². The molecular formula is C13H13Cl2F3N2O. The Balaban J connectivity index is 2.18. The van der Waals surface area contributed by atoms with Crippen LogP contribution in [0.15, 0.2) is 23.9 Å². The van der Waals surface area contributed by atoms with Crippen LogP contribution >= 0.6 is 23.2 Å². The Bertz CT molecular complexity index is 548. The van der Waals surface area contributed by atoms with E-state index in [9.17, 15) is 13.2 Å². The first-order chi connectivity index (χ1) is 9.68. The molecule has 0 spiro atoms. The van der Waals surface area contributed by atoms with Crippen molar-refractivity contribution in [2.75, 3.05) is 0 Å². The molecule has 0 aliphatic heterocycles. The molecule has 1 unspecified atom stereocenters. The predicted molar refractivity (Wildman–Crippen MR) is 75.1 cm³/mol. The summed E-state index contributed by atoms with van der Waals surface area (Å²) in [6.07, 6.45) is -1.97. The molecule has 3 nitrogen and oxygen atoms in total. The molecule has 1 aliphatic carbocycles. The second-order valence-corrected chi connectivity index (χ2v) is 5.60. The number of rotatable bonds is 4. The van der Waals surface area contributed by atoms with E-state index in [1.807, 2.05) is 0 Å². The standard InChI is InChI=1S/C13H13Cl2F3N2O/c14-8-3-7(13(16,17)18)4-9(15)12(8)21-11(20)5-10(19)6-1-2-6/h3-6,11H,1-2,19-20H2/b10-5-. The third-order valence-corrected chi connectivity index (χ3v) is 3.55. The molecule has 0 saturated heterocycles. The van der Waals surface area contributed by atoms with Crippen LogP contribution in [0.1, 0.15) is 18.4 Å². The molecule has 4 N–H and O–H groups in total. The summed E-state index contributed by atoms with van der Waals surface area (Å²) in [6.45, 7) is 0. The number of hydrogen-bond acceptors (Lipinski definition) is 3. The van der Waals surface area contributed by atoms with Gasteiger partial charge in [0.2, 0.25) is 0 Å². The van der Waals surface area contributed by atoms with E-state index in [0.717, 1.165) is 25.0 Å². The highest BCUT2D eigenvalue weighted by Gasteiger charge is 2.32. The normalized spacial score (nSPS) is 17.7. The molecule has 1 aromatic rings. The molecule has 0 heterocycles. The first-order valence-corrected chi connectivity index (χ1v) is 6.89. The van der Waals surface area contributed by atoms with E-state index in [1.165, 1.54) is 6.08 Å². The topological polar surface area (TPSA) is 61.3 Å². The van der Waals surface area contributed by atoms with Crippen LogP contribution in [0.3, 0.4) is 0 Å². The molecule has 1 atom stereocenters. The van der Waals surface area contributed by atoms with Gasteiger partial charge in [0.25, 0.3) is 0 Å². The highest BCUT2D eigenvalue weighted by atomic mass is 35.5. The van der Waals surface area contributed by atoms with Crippen LogP contribution in [0.5, 0.6) is 5.75 Å². The van der Waals surface area contributed by atoms with E-state index < -0.39 is 18.0 Å². The first-order valence-electron chi connectivity index (χ1n) is 6.14. The van der Waals surface area contributed by atoms with Gasteiger partial charge in [-0.15, -0.1) is 0 Å². The Kier molecular flexibility index (Phi) is 4.60. The molecular weight excluding hydrogens is 328 g/mol. The Morgan fingerprint density at radius 2 is 1.81 bits per heavy atom. The second-order valence-electron chi connectivity index (χ2n) is 4.79. The van der Waals surface area contributed by atoms with Crippen molar-refractivity contribution in [3.8, 4) is 5.75 Å². The lowest BCUT2D eigenvalue weighted by Crippen LogP contribution is -2.26. The summed E-state index contributed by atoms with van der Waals surface area (Å²) in [5.41, 5.74) is 11.1. The lowest BCUT2D eigenvalue weighted by molar-refractivity contribution is -0.137. The fourth-order valence-electron chi connectivity index (χ4n) is 1.75. The van der Waals surface area contributed by atoms with Crippen LogP contribution in [0, 0.1) is 5.92 Å². The Morgan fingerprint density at radius 1 is 1.29 bits per heavy atom. The van der Waals surface area contributed by atoms with Gasteiger partial charge in [0.05, 0.1) is 15.6 Å². The zero-order chi connectivity index (χ0) is 15.8. The molecule has 116 valence electrons. The van der Waals surface area contributed by atoms with Crippen LogP contribution in [0.4, 0.5) is 13.2 Å². The average Bonchev–Trinajstić information content (AvgIpc) is 3.16. The largest absolute Gasteiger partial charge is 0.469 e. The van der Waals surface area contributed by atoms with Gasteiger partial charge in [-0.2, -0.15) is 13.2 Å². The van der Waals surface area contributed by atoms with Crippen LogP contribution in [-0.2, 0) is 6.18 Å². The van der Waals surface area contributed by atoms with Crippen molar-refractivity contribution < 1.29 is 17.9 Å². The summed E-state index contributed by atoms with van der Waals surface area (Å²) < 4.78 is 43.1. The number of benzene rings is 1. The lowest BCUT2D eigenvalue weighted by atomic mass is 10.2. The fraction of sp³-hybridized carbons (Fsp3) is 0.385. The third-order valence-electron chi connectivity index (χ3n) is 2.99. The summed E-state index contributed by atoms with van der Waals surface area (Å²) in [4.78, 5) is 0. The van der Waals surface area contributed by atoms with Crippen molar-refractivity contribution in [1.29, 1.82) is 0 Å². The smallest absolute Gasteiger partial charge is 0.416 e. The van der Waals surface area contributed by atoms with E-state index in [1.54, 1.807) is 0 Å². The van der Waals surface area contributed by atoms with E-state index in [2.05, 4.69) is 0 Å². The van der Waals surface area contributed by atoms with Gasteiger partial charge >= 0.3 is 6.18 Å². The molecule has 1 saturated carbocycles. The molecule has 21 heavy (non-hydrogen) atoms. The maximum atomic E-state index is 12.6. The van der Waals surface area contributed by atoms with Gasteiger partial charge in [-0.3, -0.25) is 5.73 Å². The van der Waals surface area contributed by atoms with Gasteiger partial charge in [0.1, 0.15) is 0 Å². The second kappa shape index (κ2) is 5.94. The van der Waals surface area contributed by atoms with Gasteiger partial charge in [0, 0.05) is 5.70 Å². The molecule has 1 aromatic carbocycles. The molecule has 0 amide bonds. The molecule has 1 fully saturated rings. The van der Waals surface area contributed by atoms with Gasteiger partial charge in [0.15, 0.2) is 12.0 Å². The molecule has 0 radical (unpaired) electrons. The lowest BCUT2D eigenvalue weighted by Gasteiger charge is -2.16. The third kappa shape index (κ3) is 4.18. The molecule has 2 rings (SSSR count). The minimum absolute atomic E-state index is 0.0984. The van der Waals surface area contributed by atoms with Gasteiger partial charge in [-0.1, -0.05) is 23.2 Å². The van der Waals surface area contributed by atoms with Gasteiger partial charge < -0.3 is 10.5 Å². The summed E-state index contributed by atoms with van der Waals surface area (Å²) in [5.74, 6) is 0.205. The van der Waals surface area contributed by atoms with Crippen molar-refractivity contribution >= 4 is 23.2 Å². The Labute approximate surface area is 129 Å². The minimum Gasteiger partial charge on any atom is -0.469 e. The van der Waals surface area contributed by atoms with E-state index in [-0.39, 0.29) is 15.8 Å². The number of halogens is 5. The average molecular weight is 341 g/mol. The van der Waals surface area contributed by atoms with Crippen molar-refractivity contribution in [3.63, 3.8) is 0 Å². The predicted octanol–water partition coefficient (Wildman–Crippen LogP) is 3.93. The molecule has 8 heteroatoms. The fourth-order valence-corrected chi connectivity index (χ4v) is 2.32. The zero-order valence-electron chi connectivity index (χ0n) is 10.8. The Morgan fingerprint density at radius 3 is 2.24 bits per heavy atom. The first kappa shape index (κ1) is 16.3. The quantitative estimate of drug-likeness (QED) is 0.816. The highest BCUT2D eigenvalue weighted by molar-refractivity contribution is 6.37. The summed E-state index contributed by atoms with van der Waals surface area (Å²) >= 11 is 11.6. The van der Waals surface area contributed by atoms with Crippen molar-refractivity contribution in [1.82, 2.24) is 0 Å². The van der Waals surface area contributed by atoms with Crippen molar-refractivity contribution in [2.45, 2.75) is 25.2 Å². The van der Waals surface area contributed by atoms with E-state index in [4.69, 9.17) is 39.4 Å². The molecule has 0 bridgehead atoms. The van der Waals surface area contributed by atoms with Crippen LogP contribution in [0.25, 0.3) is 0 Å². The number of nitrogens with two attached hydrogens (primary N) is 2. The molecule has 0 aromatic heterocycles. The minimum atomic E-state index is -4.54. The summed E-state index contributed by atoms with van der Waals surface area (Å²) in [5, 5.41) is -0.521. The SMILES string of the molecule is N/C(=C\C(N)Oc1c(Cl)cc(C(F)(F)F)cc1Cl)C1CC1. The summed E-state index contributed by atoms with van der Waals surface area (Å²) in [6, 6.07) is 1.48. The molecule has 1 aliphatic rings. The zero-order valence-corrected chi connectivity index (χ0v) is 12.3. The van der Waals surface area contributed by atoms with E-state index >= 15 is 0 Å². The van der Waals surface area contributed by atoms with Crippen LogP contribution in [-0.4, -0.2) is 6.23 Å². The summed E-state index contributed by atoms with van der Waals surface area (Å²) in [7, 11) is 0. The van der Waals surface area contributed by atoms with Crippen LogP contribution < -0.4 is 16.2 Å². The monoisotopic (exact) mass is 340 g/mol. The number of alkyl halides is 3. The number of ether oxygens (including phenoxy) is 1. The number of hydrogen-bond donors (Lipinski definition) is 2. The maximum absolute atomic E-state index is 12.6. The number of allylic oxidation sites excluding steroid dienone is 1. The maximum Gasteiger partial charge on any atom is 0.416 e. The van der Waals surface area contributed by atoms with Crippen molar-refractivity contribution in [2.24, 2.45) is 17.4 Å². The Hall–Kier alpha value is -1.11. The van der Waals surface area contributed by atoms with Gasteiger partial charge in [-0.05, 0) is 37.0 Å². The van der Waals surface area contributed by atoms with Gasteiger partial charge in [-0.25, -0.2) is 0 Å². The highest BCUT2D eigenvalue weighted by Crippen LogP contribution is 2.40.